The SMILES string of the molecule is Cc1ccc(C)c(NC(=O)[C@H](C)N2C(=O)[C@@H]3[C@@H](C2=O)C2(Cl)c4ccccc4C3(Cl)c3ccccc32)c1. The number of anilines is 1. The summed E-state index contributed by atoms with van der Waals surface area (Å²) < 4.78 is 0. The number of aryl methyl sites for hydroxylation is 2. The van der Waals surface area contributed by atoms with Crippen molar-refractivity contribution in [1.82, 2.24) is 4.90 Å². The van der Waals surface area contributed by atoms with Gasteiger partial charge in [0.25, 0.3) is 0 Å². The second-order valence-corrected chi connectivity index (χ2v) is 11.2. The van der Waals surface area contributed by atoms with Crippen LogP contribution in [0.25, 0.3) is 0 Å². The minimum absolute atomic E-state index is 0.446. The summed E-state index contributed by atoms with van der Waals surface area (Å²) in [5.41, 5.74) is 5.45. The summed E-state index contributed by atoms with van der Waals surface area (Å²) in [6.45, 7) is 5.39. The molecule has 4 aliphatic rings. The van der Waals surface area contributed by atoms with E-state index in [1.165, 1.54) is 0 Å². The lowest BCUT2D eigenvalue weighted by Gasteiger charge is -2.54. The van der Waals surface area contributed by atoms with Gasteiger partial charge in [-0.1, -0.05) is 60.7 Å². The van der Waals surface area contributed by atoms with Crippen LogP contribution in [-0.4, -0.2) is 28.7 Å². The first-order chi connectivity index (χ1) is 17.1. The van der Waals surface area contributed by atoms with Crippen molar-refractivity contribution in [2.75, 3.05) is 5.32 Å². The van der Waals surface area contributed by atoms with Crippen molar-refractivity contribution < 1.29 is 14.4 Å². The van der Waals surface area contributed by atoms with E-state index in [9.17, 15) is 14.4 Å². The van der Waals surface area contributed by atoms with E-state index in [0.29, 0.717) is 5.69 Å². The lowest BCUT2D eigenvalue weighted by atomic mass is 9.54. The Bertz CT molecular complexity index is 1360. The van der Waals surface area contributed by atoms with Crippen molar-refractivity contribution in [3.8, 4) is 0 Å². The molecule has 36 heavy (non-hydrogen) atoms. The van der Waals surface area contributed by atoms with Crippen LogP contribution in [0.15, 0.2) is 66.7 Å². The smallest absolute Gasteiger partial charge is 0.247 e. The van der Waals surface area contributed by atoms with Crippen LogP contribution >= 0.6 is 23.2 Å². The van der Waals surface area contributed by atoms with Gasteiger partial charge in [0.15, 0.2) is 0 Å². The number of alkyl halides is 2. The third-order valence-corrected chi connectivity index (χ3v) is 9.32. The average molecular weight is 519 g/mol. The second-order valence-electron chi connectivity index (χ2n) is 10.0. The summed E-state index contributed by atoms with van der Waals surface area (Å²) in [7, 11) is 0. The Kier molecular flexibility index (Phi) is 4.96. The first-order valence-corrected chi connectivity index (χ1v) is 12.7. The quantitative estimate of drug-likeness (QED) is 0.381. The Morgan fingerprint density at radius 1 is 0.833 bits per heavy atom. The van der Waals surface area contributed by atoms with E-state index >= 15 is 0 Å². The molecule has 3 aromatic rings. The lowest BCUT2D eigenvalue weighted by Crippen LogP contribution is -2.57. The average Bonchev–Trinajstić information content (AvgIpc) is 3.15. The van der Waals surface area contributed by atoms with Gasteiger partial charge in [-0.25, -0.2) is 0 Å². The monoisotopic (exact) mass is 518 g/mol. The number of carbonyl (C=O) groups excluding carboxylic acids is 3. The minimum Gasteiger partial charge on any atom is -0.324 e. The third-order valence-electron chi connectivity index (χ3n) is 8.04. The molecular weight excluding hydrogens is 495 g/mol. The van der Waals surface area contributed by atoms with E-state index in [2.05, 4.69) is 5.32 Å². The molecule has 3 aliphatic carbocycles. The van der Waals surface area contributed by atoms with Crippen molar-refractivity contribution in [2.45, 2.75) is 36.6 Å². The number of hydrogen-bond acceptors (Lipinski definition) is 3. The number of carbonyl (C=O) groups is 3. The maximum atomic E-state index is 14.0. The van der Waals surface area contributed by atoms with Gasteiger partial charge < -0.3 is 5.32 Å². The van der Waals surface area contributed by atoms with Crippen LogP contribution < -0.4 is 5.32 Å². The molecule has 1 heterocycles. The van der Waals surface area contributed by atoms with Crippen molar-refractivity contribution in [2.24, 2.45) is 11.8 Å². The van der Waals surface area contributed by atoms with Crippen LogP contribution in [-0.2, 0) is 24.1 Å². The number of hydrogen-bond donors (Lipinski definition) is 1. The molecule has 0 aromatic heterocycles. The number of halogens is 2. The first-order valence-electron chi connectivity index (χ1n) is 11.9. The Morgan fingerprint density at radius 3 is 1.72 bits per heavy atom. The highest BCUT2D eigenvalue weighted by atomic mass is 35.5. The van der Waals surface area contributed by atoms with Gasteiger partial charge in [0.2, 0.25) is 17.7 Å². The fourth-order valence-electron chi connectivity index (χ4n) is 6.30. The van der Waals surface area contributed by atoms with Crippen LogP contribution in [0.4, 0.5) is 5.69 Å². The lowest BCUT2D eigenvalue weighted by molar-refractivity contribution is -0.146. The van der Waals surface area contributed by atoms with Gasteiger partial charge in [0.1, 0.15) is 15.8 Å². The van der Waals surface area contributed by atoms with Gasteiger partial charge in [-0.15, -0.1) is 23.2 Å². The van der Waals surface area contributed by atoms with E-state index < -0.39 is 45.3 Å². The van der Waals surface area contributed by atoms with Crippen LogP contribution in [0.5, 0.6) is 0 Å². The van der Waals surface area contributed by atoms with Crippen molar-refractivity contribution in [1.29, 1.82) is 0 Å². The predicted molar refractivity (Wildman–Crippen MR) is 139 cm³/mol. The Balaban J connectivity index is 1.45. The van der Waals surface area contributed by atoms with Crippen molar-refractivity contribution in [3.63, 3.8) is 0 Å². The summed E-state index contributed by atoms with van der Waals surface area (Å²) in [5.74, 6) is -3.25. The molecule has 3 aromatic carbocycles. The molecular formula is C29H24Cl2N2O3. The fourth-order valence-corrected chi connectivity index (χ4v) is 7.39. The summed E-state index contributed by atoms with van der Waals surface area (Å²) in [5, 5.41) is 2.89. The predicted octanol–water partition coefficient (Wildman–Crippen LogP) is 5.22. The molecule has 2 bridgehead atoms. The molecule has 1 saturated heterocycles. The van der Waals surface area contributed by atoms with Crippen LogP contribution in [0, 0.1) is 25.7 Å². The maximum Gasteiger partial charge on any atom is 0.247 e. The Morgan fingerprint density at radius 2 is 1.28 bits per heavy atom. The Labute approximate surface area is 219 Å². The number of nitrogens with one attached hydrogen (secondary N) is 1. The molecule has 1 fully saturated rings. The van der Waals surface area contributed by atoms with Crippen LogP contribution in [0.3, 0.4) is 0 Å². The van der Waals surface area contributed by atoms with Crippen LogP contribution in [0.1, 0.15) is 40.3 Å². The zero-order chi connectivity index (χ0) is 25.6. The second kappa shape index (κ2) is 7.67. The van der Waals surface area contributed by atoms with Gasteiger partial charge in [0.05, 0.1) is 11.8 Å². The highest BCUT2D eigenvalue weighted by Gasteiger charge is 2.73. The topological polar surface area (TPSA) is 66.5 Å². The van der Waals surface area contributed by atoms with Gasteiger partial charge in [-0.05, 0) is 60.2 Å². The third kappa shape index (κ3) is 2.76. The van der Waals surface area contributed by atoms with E-state index in [1.807, 2.05) is 80.6 Å². The van der Waals surface area contributed by atoms with Gasteiger partial charge in [0, 0.05) is 5.69 Å². The molecule has 7 rings (SSSR count). The zero-order valence-electron chi connectivity index (χ0n) is 20.0. The molecule has 0 radical (unpaired) electrons. The first kappa shape index (κ1) is 23.3. The maximum absolute atomic E-state index is 14.0. The highest BCUT2D eigenvalue weighted by Crippen LogP contribution is 2.69. The molecule has 7 heteroatoms. The normalized spacial score (nSPS) is 28.4. The minimum atomic E-state index is -1.26. The molecule has 0 saturated carbocycles. The van der Waals surface area contributed by atoms with Gasteiger partial charge in [-0.3, -0.25) is 19.3 Å². The number of nitrogens with zero attached hydrogens (tertiary/aromatic N) is 1. The molecule has 0 spiro atoms. The van der Waals surface area contributed by atoms with Gasteiger partial charge >= 0.3 is 0 Å². The Hall–Kier alpha value is -3.15. The number of likely N-dealkylation sites (tertiary alicyclic amines) is 1. The molecule has 1 N–H and O–H groups in total. The van der Waals surface area contributed by atoms with E-state index in [0.717, 1.165) is 38.3 Å². The molecule has 3 atom stereocenters. The highest BCUT2D eigenvalue weighted by molar-refractivity contribution is 6.36. The summed E-state index contributed by atoms with van der Waals surface area (Å²) in [6, 6.07) is 19.7. The molecule has 182 valence electrons. The number of rotatable bonds is 3. The van der Waals surface area contributed by atoms with Crippen LogP contribution in [0.2, 0.25) is 0 Å². The van der Waals surface area contributed by atoms with E-state index in [-0.39, 0.29) is 0 Å². The fraction of sp³-hybridized carbons (Fsp3) is 0.276. The zero-order valence-corrected chi connectivity index (χ0v) is 21.5. The number of imide groups is 1. The standard InChI is InChI=1S/C29H24Cl2N2O3/c1-15-12-13-16(2)22(14-15)32-25(34)17(3)33-26(35)23-24(27(33)36)29(31)19-9-5-4-8-18(19)28(23,30)20-10-6-7-11-21(20)29/h4-14,17,23-24H,1-3H3,(H,32,34)/t17-,23-,24-,28?,29?/m0/s1. The molecule has 3 amide bonds. The number of benzene rings is 3. The summed E-state index contributed by atoms with van der Waals surface area (Å²) in [4.78, 5) is 39.9. The van der Waals surface area contributed by atoms with E-state index in [1.54, 1.807) is 6.92 Å². The van der Waals surface area contributed by atoms with Crippen molar-refractivity contribution >= 4 is 46.6 Å². The molecule has 5 nitrogen and oxygen atoms in total. The summed E-state index contributed by atoms with van der Waals surface area (Å²) >= 11 is 14.9. The molecule has 0 unspecified atom stereocenters. The summed E-state index contributed by atoms with van der Waals surface area (Å²) in [6.07, 6.45) is 0. The van der Waals surface area contributed by atoms with Crippen molar-refractivity contribution in [3.05, 3.63) is 100 Å². The molecule has 1 aliphatic heterocycles. The van der Waals surface area contributed by atoms with E-state index in [4.69, 9.17) is 23.2 Å². The van der Waals surface area contributed by atoms with Gasteiger partial charge in [-0.2, -0.15) is 0 Å². The largest absolute Gasteiger partial charge is 0.324 e. The number of amides is 3.